The lowest BCUT2D eigenvalue weighted by Gasteiger charge is -2.34. The van der Waals surface area contributed by atoms with E-state index in [0.717, 1.165) is 21.9 Å². The van der Waals surface area contributed by atoms with Crippen LogP contribution in [0.5, 0.6) is 0 Å². The van der Waals surface area contributed by atoms with Crippen molar-refractivity contribution in [1.82, 2.24) is 10.2 Å². The highest BCUT2D eigenvalue weighted by Gasteiger charge is 2.34. The zero-order valence-electron chi connectivity index (χ0n) is 24.0. The molecule has 0 spiro atoms. The molecule has 0 aliphatic carbocycles. The maximum Gasteiger partial charge on any atom is 0.264 e. The van der Waals surface area contributed by atoms with Gasteiger partial charge in [-0.05, 0) is 48.7 Å². The first kappa shape index (κ1) is 30.5. The van der Waals surface area contributed by atoms with Crippen LogP contribution in [0.4, 0.5) is 5.69 Å². The van der Waals surface area contributed by atoms with Crippen molar-refractivity contribution in [3.63, 3.8) is 0 Å². The fourth-order valence-electron chi connectivity index (χ4n) is 4.62. The van der Waals surface area contributed by atoms with E-state index in [4.69, 9.17) is 0 Å². The first-order valence-electron chi connectivity index (χ1n) is 14.1. The van der Waals surface area contributed by atoms with Crippen LogP contribution in [0.2, 0.25) is 0 Å². The third kappa shape index (κ3) is 7.85. The van der Waals surface area contributed by atoms with Crippen molar-refractivity contribution in [2.75, 3.05) is 10.8 Å². The number of carbonyl (C=O) groups excluding carboxylic acids is 2. The minimum Gasteiger partial charge on any atom is -0.352 e. The lowest BCUT2D eigenvalue weighted by Crippen LogP contribution is -2.54. The second kappa shape index (κ2) is 14.5. The summed E-state index contributed by atoms with van der Waals surface area (Å²) in [6.07, 6.45) is 1.01. The van der Waals surface area contributed by atoms with E-state index in [1.807, 2.05) is 74.5 Å². The Kier molecular flexibility index (Phi) is 10.5. The van der Waals surface area contributed by atoms with Crippen molar-refractivity contribution in [1.29, 1.82) is 0 Å². The lowest BCUT2D eigenvalue weighted by molar-refractivity contribution is -0.140. The van der Waals surface area contributed by atoms with Crippen molar-refractivity contribution in [3.8, 4) is 0 Å². The standard InChI is InChI=1S/C34H37N3O4S/c1-3-27(2)35-34(39)32(24-28-16-8-4-9-17-28)36(25-29-18-10-5-11-19-29)33(38)26-37(30-20-12-6-13-21-30)42(40,41)31-22-14-7-15-23-31/h4-23,27,32H,3,24-26H2,1-2H3,(H,35,39)/t27-,32-/m0/s1. The Balaban J connectivity index is 1.77. The molecule has 0 saturated heterocycles. The van der Waals surface area contributed by atoms with Gasteiger partial charge >= 0.3 is 0 Å². The fraction of sp³-hybridized carbons (Fsp3) is 0.235. The number of sulfonamides is 1. The van der Waals surface area contributed by atoms with Crippen LogP contribution in [0.3, 0.4) is 0 Å². The molecule has 42 heavy (non-hydrogen) atoms. The molecule has 218 valence electrons. The molecule has 0 heterocycles. The molecule has 0 radical (unpaired) electrons. The van der Waals surface area contributed by atoms with E-state index < -0.39 is 28.5 Å². The first-order valence-corrected chi connectivity index (χ1v) is 15.5. The van der Waals surface area contributed by atoms with Crippen molar-refractivity contribution >= 4 is 27.5 Å². The van der Waals surface area contributed by atoms with Gasteiger partial charge in [-0.15, -0.1) is 0 Å². The zero-order valence-corrected chi connectivity index (χ0v) is 24.8. The SMILES string of the molecule is CC[C@H](C)NC(=O)[C@H](Cc1ccccc1)N(Cc1ccccc1)C(=O)CN(c1ccccc1)S(=O)(=O)c1ccccc1. The number of nitrogens with zero attached hydrogens (tertiary/aromatic N) is 2. The minimum absolute atomic E-state index is 0.0756. The summed E-state index contributed by atoms with van der Waals surface area (Å²) >= 11 is 0. The van der Waals surface area contributed by atoms with Crippen molar-refractivity contribution in [2.24, 2.45) is 0 Å². The Morgan fingerprint density at radius 2 is 1.24 bits per heavy atom. The number of hydrogen-bond donors (Lipinski definition) is 1. The monoisotopic (exact) mass is 583 g/mol. The molecule has 4 aromatic carbocycles. The Hall–Kier alpha value is -4.43. The molecule has 1 N–H and O–H groups in total. The molecule has 2 amide bonds. The average molecular weight is 584 g/mol. The summed E-state index contributed by atoms with van der Waals surface area (Å²) in [4.78, 5) is 29.7. The van der Waals surface area contributed by atoms with Crippen LogP contribution >= 0.6 is 0 Å². The normalized spacial score (nSPS) is 12.6. The van der Waals surface area contributed by atoms with E-state index in [1.165, 1.54) is 17.0 Å². The number of hydrogen-bond acceptors (Lipinski definition) is 4. The second-order valence-corrected chi connectivity index (χ2v) is 12.1. The number of para-hydroxylation sites is 1. The maximum absolute atomic E-state index is 14.3. The molecule has 0 aromatic heterocycles. The molecular weight excluding hydrogens is 546 g/mol. The van der Waals surface area contributed by atoms with E-state index >= 15 is 0 Å². The number of anilines is 1. The molecule has 0 bridgehead atoms. The van der Waals surface area contributed by atoms with Crippen LogP contribution in [0.15, 0.2) is 126 Å². The molecule has 0 unspecified atom stereocenters. The van der Waals surface area contributed by atoms with E-state index in [9.17, 15) is 18.0 Å². The summed E-state index contributed by atoms with van der Waals surface area (Å²) in [5.41, 5.74) is 2.08. The van der Waals surface area contributed by atoms with Crippen LogP contribution in [-0.4, -0.2) is 43.8 Å². The molecule has 0 aliphatic rings. The maximum atomic E-state index is 14.3. The number of carbonyl (C=O) groups is 2. The first-order chi connectivity index (χ1) is 20.3. The van der Waals surface area contributed by atoms with Crippen LogP contribution in [0, 0.1) is 0 Å². The van der Waals surface area contributed by atoms with Gasteiger partial charge in [-0.25, -0.2) is 8.42 Å². The number of amides is 2. The van der Waals surface area contributed by atoms with Gasteiger partial charge in [0.15, 0.2) is 0 Å². The van der Waals surface area contributed by atoms with Crippen LogP contribution in [-0.2, 0) is 32.6 Å². The predicted octanol–water partition coefficient (Wildman–Crippen LogP) is 5.44. The minimum atomic E-state index is -4.10. The summed E-state index contributed by atoms with van der Waals surface area (Å²) in [5.74, 6) is -0.767. The van der Waals surface area contributed by atoms with E-state index in [1.54, 1.807) is 48.5 Å². The van der Waals surface area contributed by atoms with Gasteiger partial charge in [0.1, 0.15) is 12.6 Å². The average Bonchev–Trinajstić information content (AvgIpc) is 3.03. The predicted molar refractivity (Wildman–Crippen MR) is 166 cm³/mol. The van der Waals surface area contributed by atoms with Gasteiger partial charge in [0.25, 0.3) is 10.0 Å². The molecule has 0 fully saturated rings. The summed E-state index contributed by atoms with van der Waals surface area (Å²) in [6.45, 7) is 3.57. The summed E-state index contributed by atoms with van der Waals surface area (Å²) in [6, 6.07) is 34.6. The molecule has 4 rings (SSSR count). The quantitative estimate of drug-likeness (QED) is 0.227. The van der Waals surface area contributed by atoms with Crippen molar-refractivity contribution in [3.05, 3.63) is 132 Å². The van der Waals surface area contributed by atoms with Crippen molar-refractivity contribution < 1.29 is 18.0 Å². The third-order valence-electron chi connectivity index (χ3n) is 7.12. The van der Waals surface area contributed by atoms with Gasteiger partial charge in [0.2, 0.25) is 11.8 Å². The van der Waals surface area contributed by atoms with E-state index in [2.05, 4.69) is 5.32 Å². The smallest absolute Gasteiger partial charge is 0.264 e. The van der Waals surface area contributed by atoms with Gasteiger partial charge in [-0.2, -0.15) is 0 Å². The van der Waals surface area contributed by atoms with Crippen molar-refractivity contribution in [2.45, 2.75) is 50.2 Å². The van der Waals surface area contributed by atoms with Gasteiger partial charge in [0.05, 0.1) is 10.6 Å². The highest BCUT2D eigenvalue weighted by atomic mass is 32.2. The zero-order chi connectivity index (χ0) is 30.0. The summed E-state index contributed by atoms with van der Waals surface area (Å²) in [7, 11) is -4.10. The Labute approximate surface area is 248 Å². The van der Waals surface area contributed by atoms with Gasteiger partial charge in [0, 0.05) is 19.0 Å². The Morgan fingerprint density at radius 3 is 1.79 bits per heavy atom. The number of nitrogens with one attached hydrogen (secondary N) is 1. The molecule has 4 aromatic rings. The topological polar surface area (TPSA) is 86.8 Å². The molecule has 0 aliphatic heterocycles. The lowest BCUT2D eigenvalue weighted by atomic mass is 10.0. The molecule has 7 nitrogen and oxygen atoms in total. The highest BCUT2D eigenvalue weighted by molar-refractivity contribution is 7.92. The fourth-order valence-corrected chi connectivity index (χ4v) is 6.05. The van der Waals surface area contributed by atoms with Crippen LogP contribution in [0.25, 0.3) is 0 Å². The van der Waals surface area contributed by atoms with E-state index in [-0.39, 0.29) is 29.8 Å². The summed E-state index contributed by atoms with van der Waals surface area (Å²) < 4.78 is 28.9. The largest absolute Gasteiger partial charge is 0.352 e. The van der Waals surface area contributed by atoms with Crippen LogP contribution in [0.1, 0.15) is 31.4 Å². The summed E-state index contributed by atoms with van der Waals surface area (Å²) in [5, 5.41) is 3.05. The Morgan fingerprint density at radius 1 is 0.738 bits per heavy atom. The highest BCUT2D eigenvalue weighted by Crippen LogP contribution is 2.25. The molecule has 0 saturated carbocycles. The van der Waals surface area contributed by atoms with Gasteiger partial charge in [-0.3, -0.25) is 13.9 Å². The Bertz CT molecular complexity index is 1530. The molecule has 2 atom stereocenters. The van der Waals surface area contributed by atoms with E-state index in [0.29, 0.717) is 5.69 Å². The third-order valence-corrected chi connectivity index (χ3v) is 8.91. The number of benzene rings is 4. The second-order valence-electron chi connectivity index (χ2n) is 10.2. The molecule has 8 heteroatoms. The molecular formula is C34H37N3O4S. The van der Waals surface area contributed by atoms with Crippen LogP contribution < -0.4 is 9.62 Å². The van der Waals surface area contributed by atoms with Gasteiger partial charge in [-0.1, -0.05) is 104 Å². The number of rotatable bonds is 13. The van der Waals surface area contributed by atoms with Gasteiger partial charge < -0.3 is 10.2 Å².